The van der Waals surface area contributed by atoms with Crippen molar-refractivity contribution in [3.05, 3.63) is 97.2 Å². The standard InChI is InChI=1S/C69H121NO8/c1-3-5-7-9-11-13-15-17-19-21-23-25-26-27-28-29-30-31-32-33-34-35-36-37-38-39-41-43-45-47-49-51-53-55-57-59-65(73)70-62(61-77-69-68(76)67(75)66(74)64(60-71)78-69)63(72)58-56-54-52-50-48-46-44-42-40-24-22-20-18-16-14-12-10-8-6-4-2/h5,7,11,13,17,19,23,25,27-28,30-31,33-34,56,58,62-64,66-69,71-72,74-76H,3-4,6,8-10,12,14-16,18,20-22,24,26,29,32,35-55,57,59-61H2,1-2H3,(H,70,73)/b7-5-,13-11-,19-17-,25-23-,28-27-,31-30-,34-33-,58-56+. The number of nitrogens with one attached hydrogen (secondary N) is 1. The van der Waals surface area contributed by atoms with Crippen LogP contribution >= 0.6 is 0 Å². The summed E-state index contributed by atoms with van der Waals surface area (Å²) in [7, 11) is 0. The van der Waals surface area contributed by atoms with Gasteiger partial charge in [-0.15, -0.1) is 0 Å². The number of hydrogen-bond donors (Lipinski definition) is 6. The molecule has 6 N–H and O–H groups in total. The summed E-state index contributed by atoms with van der Waals surface area (Å²) in [6.07, 6.45) is 76.3. The molecule has 9 heteroatoms. The van der Waals surface area contributed by atoms with Crippen LogP contribution in [-0.4, -0.2) is 87.5 Å². The largest absolute Gasteiger partial charge is 0.394 e. The Labute approximate surface area is 479 Å². The Morgan fingerprint density at radius 3 is 1.18 bits per heavy atom. The lowest BCUT2D eigenvalue weighted by Gasteiger charge is -2.40. The Hall–Kier alpha value is -2.89. The van der Waals surface area contributed by atoms with Gasteiger partial charge >= 0.3 is 0 Å². The molecular weight excluding hydrogens is 971 g/mol. The summed E-state index contributed by atoms with van der Waals surface area (Å²) >= 11 is 0. The number of amides is 1. The normalized spacial score (nSPS) is 19.3. The summed E-state index contributed by atoms with van der Waals surface area (Å²) in [5, 5.41) is 54.7. The highest BCUT2D eigenvalue weighted by Gasteiger charge is 2.44. The molecule has 1 heterocycles. The maximum Gasteiger partial charge on any atom is 0.220 e. The Morgan fingerprint density at radius 2 is 0.795 bits per heavy atom. The summed E-state index contributed by atoms with van der Waals surface area (Å²) in [4.78, 5) is 13.1. The van der Waals surface area contributed by atoms with Crippen LogP contribution < -0.4 is 5.32 Å². The second-order valence-corrected chi connectivity index (χ2v) is 22.2. The van der Waals surface area contributed by atoms with E-state index in [9.17, 15) is 30.3 Å². The van der Waals surface area contributed by atoms with Crippen LogP contribution in [0.1, 0.15) is 277 Å². The first kappa shape index (κ1) is 73.1. The number of rotatable bonds is 55. The third kappa shape index (κ3) is 45.8. The van der Waals surface area contributed by atoms with E-state index in [1.54, 1.807) is 6.08 Å². The monoisotopic (exact) mass is 1090 g/mol. The van der Waals surface area contributed by atoms with Crippen molar-refractivity contribution in [2.24, 2.45) is 0 Å². The highest BCUT2D eigenvalue weighted by Crippen LogP contribution is 2.23. The fourth-order valence-corrected chi connectivity index (χ4v) is 9.84. The lowest BCUT2D eigenvalue weighted by Crippen LogP contribution is -2.60. The van der Waals surface area contributed by atoms with Crippen molar-refractivity contribution in [3.63, 3.8) is 0 Å². The van der Waals surface area contributed by atoms with Crippen molar-refractivity contribution < 1.29 is 39.8 Å². The fraction of sp³-hybridized carbons (Fsp3) is 0.754. The van der Waals surface area contributed by atoms with Gasteiger partial charge < -0.3 is 40.3 Å². The first-order chi connectivity index (χ1) is 38.3. The second kappa shape index (κ2) is 57.3. The first-order valence-electron chi connectivity index (χ1n) is 32.5. The maximum atomic E-state index is 13.1. The van der Waals surface area contributed by atoms with Gasteiger partial charge in [-0.3, -0.25) is 4.79 Å². The molecule has 1 aliphatic rings. The molecule has 9 nitrogen and oxygen atoms in total. The van der Waals surface area contributed by atoms with Gasteiger partial charge in [0.15, 0.2) is 6.29 Å². The van der Waals surface area contributed by atoms with Gasteiger partial charge in [-0.1, -0.05) is 291 Å². The number of carbonyl (C=O) groups excluding carboxylic acids is 1. The smallest absolute Gasteiger partial charge is 0.220 e. The van der Waals surface area contributed by atoms with Gasteiger partial charge in [0.1, 0.15) is 24.4 Å². The number of aliphatic hydroxyl groups is 5. The molecule has 0 bridgehead atoms. The number of aliphatic hydroxyl groups excluding tert-OH is 5. The van der Waals surface area contributed by atoms with Crippen LogP contribution in [0.4, 0.5) is 0 Å². The molecule has 1 saturated heterocycles. The molecule has 1 fully saturated rings. The average molecular weight is 1090 g/mol. The summed E-state index contributed by atoms with van der Waals surface area (Å²) < 4.78 is 11.3. The van der Waals surface area contributed by atoms with Crippen molar-refractivity contribution >= 4 is 5.91 Å². The Balaban J connectivity index is 2.16. The van der Waals surface area contributed by atoms with Crippen molar-refractivity contribution in [3.8, 4) is 0 Å². The predicted molar refractivity (Wildman–Crippen MR) is 331 cm³/mol. The SMILES string of the molecule is CC/C=C\C/C=C\C/C=C\C/C=C\C/C=C\C/C=C\C/C=C\CCCCCCCCCCCCCCCC(=O)NC(COC1OC(CO)C(O)C(O)C1O)C(O)/C=C/CCCCCCCCCCCCCCCCCCCC. The van der Waals surface area contributed by atoms with E-state index in [-0.39, 0.29) is 12.5 Å². The van der Waals surface area contributed by atoms with E-state index in [1.165, 1.54) is 173 Å². The number of carbonyl (C=O) groups is 1. The third-order valence-corrected chi connectivity index (χ3v) is 14.9. The van der Waals surface area contributed by atoms with Crippen LogP contribution in [0.2, 0.25) is 0 Å². The molecule has 450 valence electrons. The molecular formula is C69H121NO8. The minimum atomic E-state index is -1.57. The van der Waals surface area contributed by atoms with Crippen molar-refractivity contribution in [2.45, 2.75) is 320 Å². The molecule has 7 atom stereocenters. The van der Waals surface area contributed by atoms with E-state index in [0.29, 0.717) is 6.42 Å². The lowest BCUT2D eigenvalue weighted by atomic mass is 9.99. The minimum absolute atomic E-state index is 0.179. The molecule has 0 radical (unpaired) electrons. The third-order valence-electron chi connectivity index (χ3n) is 14.9. The van der Waals surface area contributed by atoms with Crippen LogP contribution in [0.5, 0.6) is 0 Å². The molecule has 0 aromatic heterocycles. The molecule has 7 unspecified atom stereocenters. The Bertz CT molecular complexity index is 1550. The van der Waals surface area contributed by atoms with E-state index in [1.807, 2.05) is 6.08 Å². The highest BCUT2D eigenvalue weighted by molar-refractivity contribution is 5.76. The predicted octanol–water partition coefficient (Wildman–Crippen LogP) is 17.1. The lowest BCUT2D eigenvalue weighted by molar-refractivity contribution is -0.302. The summed E-state index contributed by atoms with van der Waals surface area (Å²) in [5.74, 6) is -0.179. The van der Waals surface area contributed by atoms with E-state index in [0.717, 1.165) is 83.5 Å². The Kier molecular flexibility index (Phi) is 53.8. The molecule has 0 saturated carbocycles. The average Bonchev–Trinajstić information content (AvgIpc) is 3.45. The molecule has 1 aliphatic heterocycles. The van der Waals surface area contributed by atoms with E-state index in [4.69, 9.17) is 9.47 Å². The Morgan fingerprint density at radius 1 is 0.449 bits per heavy atom. The topological polar surface area (TPSA) is 149 Å². The fourth-order valence-electron chi connectivity index (χ4n) is 9.84. The molecule has 0 aromatic rings. The number of hydrogen-bond acceptors (Lipinski definition) is 8. The number of ether oxygens (including phenoxy) is 2. The van der Waals surface area contributed by atoms with Crippen LogP contribution in [0, 0.1) is 0 Å². The first-order valence-corrected chi connectivity index (χ1v) is 32.5. The molecule has 0 spiro atoms. The van der Waals surface area contributed by atoms with Crippen molar-refractivity contribution in [1.29, 1.82) is 0 Å². The van der Waals surface area contributed by atoms with E-state index in [2.05, 4.69) is 104 Å². The summed E-state index contributed by atoms with van der Waals surface area (Å²) in [6, 6.07) is -0.811. The van der Waals surface area contributed by atoms with Gasteiger partial charge in [-0.25, -0.2) is 0 Å². The maximum absolute atomic E-state index is 13.1. The molecule has 78 heavy (non-hydrogen) atoms. The quantitative estimate of drug-likeness (QED) is 0.0261. The van der Waals surface area contributed by atoms with Gasteiger partial charge in [0, 0.05) is 6.42 Å². The van der Waals surface area contributed by atoms with E-state index >= 15 is 0 Å². The molecule has 1 amide bonds. The van der Waals surface area contributed by atoms with Gasteiger partial charge in [0.25, 0.3) is 0 Å². The van der Waals surface area contributed by atoms with Crippen LogP contribution in [-0.2, 0) is 14.3 Å². The molecule has 0 aliphatic carbocycles. The van der Waals surface area contributed by atoms with Crippen LogP contribution in [0.25, 0.3) is 0 Å². The van der Waals surface area contributed by atoms with Gasteiger partial charge in [0.05, 0.1) is 25.4 Å². The molecule has 1 rings (SSSR count). The molecule has 0 aromatic carbocycles. The highest BCUT2D eigenvalue weighted by atomic mass is 16.7. The number of allylic oxidation sites excluding steroid dienone is 15. The zero-order chi connectivity index (χ0) is 56.5. The van der Waals surface area contributed by atoms with Crippen LogP contribution in [0.15, 0.2) is 97.2 Å². The zero-order valence-corrected chi connectivity index (χ0v) is 50.1. The summed E-state index contributed by atoms with van der Waals surface area (Å²) in [5.41, 5.74) is 0. The van der Waals surface area contributed by atoms with Crippen molar-refractivity contribution in [1.82, 2.24) is 5.32 Å². The summed E-state index contributed by atoms with van der Waals surface area (Å²) in [6.45, 7) is 3.68. The van der Waals surface area contributed by atoms with E-state index < -0.39 is 49.5 Å². The van der Waals surface area contributed by atoms with Gasteiger partial charge in [-0.2, -0.15) is 0 Å². The van der Waals surface area contributed by atoms with Gasteiger partial charge in [-0.05, 0) is 77.0 Å². The van der Waals surface area contributed by atoms with Crippen molar-refractivity contribution in [2.75, 3.05) is 13.2 Å². The number of unbranched alkanes of at least 4 members (excludes halogenated alkanes) is 31. The minimum Gasteiger partial charge on any atom is -0.394 e. The van der Waals surface area contributed by atoms with Gasteiger partial charge in [0.2, 0.25) is 5.91 Å². The van der Waals surface area contributed by atoms with Crippen LogP contribution in [0.3, 0.4) is 0 Å². The second-order valence-electron chi connectivity index (χ2n) is 22.2. The zero-order valence-electron chi connectivity index (χ0n) is 50.1.